The summed E-state index contributed by atoms with van der Waals surface area (Å²) in [4.78, 5) is 0. The third-order valence-electron chi connectivity index (χ3n) is 3.28. The Morgan fingerprint density at radius 3 is 2.68 bits per heavy atom. The van der Waals surface area contributed by atoms with E-state index in [1.807, 2.05) is 12.1 Å². The van der Waals surface area contributed by atoms with Gasteiger partial charge in [0.25, 0.3) is 0 Å². The number of unbranched alkanes of at least 4 members (excludes halogenated alkanes) is 3. The van der Waals surface area contributed by atoms with Gasteiger partial charge in [-0.1, -0.05) is 51.7 Å². The molecule has 0 amide bonds. The highest BCUT2D eigenvalue weighted by Crippen LogP contribution is 2.23. The lowest BCUT2D eigenvalue weighted by atomic mass is 10.0. The van der Waals surface area contributed by atoms with Gasteiger partial charge in [0.1, 0.15) is 5.75 Å². The molecule has 0 spiro atoms. The molecule has 0 aliphatic rings. The highest BCUT2D eigenvalue weighted by atomic mass is 16.5. The number of nitrogens with one attached hydrogen (secondary N) is 1. The zero-order valence-electron chi connectivity index (χ0n) is 12.3. The monoisotopic (exact) mass is 264 g/mol. The first kappa shape index (κ1) is 16.0. The van der Waals surface area contributed by atoms with Crippen molar-refractivity contribution in [3.05, 3.63) is 29.8 Å². The van der Waals surface area contributed by atoms with Crippen molar-refractivity contribution >= 4 is 0 Å². The average molecular weight is 264 g/mol. The quantitative estimate of drug-likeness (QED) is 0.382. The van der Waals surface area contributed by atoms with Crippen LogP contribution < -0.4 is 16.0 Å². The van der Waals surface area contributed by atoms with E-state index in [1.54, 1.807) is 0 Å². The van der Waals surface area contributed by atoms with Crippen LogP contribution in [0.3, 0.4) is 0 Å². The molecule has 1 aromatic rings. The molecule has 1 aromatic carbocycles. The Balaban J connectivity index is 2.54. The van der Waals surface area contributed by atoms with Crippen LogP contribution in [0.5, 0.6) is 5.75 Å². The molecule has 0 radical (unpaired) electrons. The molecule has 3 heteroatoms. The predicted octanol–water partition coefficient (Wildman–Crippen LogP) is 3.95. The number of rotatable bonds is 10. The lowest BCUT2D eigenvalue weighted by molar-refractivity contribution is 0.316. The Bertz CT molecular complexity index is 341. The SMILES string of the molecule is CCCCCCC(NN)c1cccc(OCCC)c1. The van der Waals surface area contributed by atoms with Crippen LogP contribution in [0.15, 0.2) is 24.3 Å². The van der Waals surface area contributed by atoms with Crippen molar-refractivity contribution < 1.29 is 4.74 Å². The first-order chi connectivity index (χ1) is 9.31. The Hall–Kier alpha value is -1.06. The van der Waals surface area contributed by atoms with Crippen LogP contribution in [0.4, 0.5) is 0 Å². The van der Waals surface area contributed by atoms with E-state index >= 15 is 0 Å². The summed E-state index contributed by atoms with van der Waals surface area (Å²) in [5.74, 6) is 6.62. The fraction of sp³-hybridized carbons (Fsp3) is 0.625. The van der Waals surface area contributed by atoms with E-state index in [9.17, 15) is 0 Å². The topological polar surface area (TPSA) is 47.3 Å². The second-order valence-corrected chi connectivity index (χ2v) is 4.99. The molecule has 0 saturated carbocycles. The minimum absolute atomic E-state index is 0.224. The third kappa shape index (κ3) is 6.08. The Morgan fingerprint density at radius 2 is 2.00 bits per heavy atom. The van der Waals surface area contributed by atoms with Crippen molar-refractivity contribution in [3.8, 4) is 5.75 Å². The molecule has 0 fully saturated rings. The first-order valence-corrected chi connectivity index (χ1v) is 7.50. The van der Waals surface area contributed by atoms with Crippen molar-refractivity contribution in [2.45, 2.75) is 58.4 Å². The van der Waals surface area contributed by atoms with Crippen molar-refractivity contribution in [3.63, 3.8) is 0 Å². The van der Waals surface area contributed by atoms with Crippen LogP contribution in [-0.2, 0) is 0 Å². The Morgan fingerprint density at radius 1 is 1.16 bits per heavy atom. The smallest absolute Gasteiger partial charge is 0.119 e. The van der Waals surface area contributed by atoms with Gasteiger partial charge in [-0.15, -0.1) is 0 Å². The van der Waals surface area contributed by atoms with Gasteiger partial charge in [-0.05, 0) is 30.5 Å². The van der Waals surface area contributed by atoms with E-state index < -0.39 is 0 Å². The summed E-state index contributed by atoms with van der Waals surface area (Å²) in [6.07, 6.45) is 7.16. The van der Waals surface area contributed by atoms with E-state index in [2.05, 4.69) is 31.4 Å². The molecule has 108 valence electrons. The van der Waals surface area contributed by atoms with Gasteiger partial charge in [0.15, 0.2) is 0 Å². The summed E-state index contributed by atoms with van der Waals surface area (Å²) >= 11 is 0. The van der Waals surface area contributed by atoms with Crippen molar-refractivity contribution in [2.75, 3.05) is 6.61 Å². The number of nitrogens with two attached hydrogens (primary N) is 1. The van der Waals surface area contributed by atoms with Crippen LogP contribution >= 0.6 is 0 Å². The predicted molar refractivity (Wildman–Crippen MR) is 81.1 cm³/mol. The van der Waals surface area contributed by atoms with Crippen LogP contribution in [0.25, 0.3) is 0 Å². The van der Waals surface area contributed by atoms with E-state index in [-0.39, 0.29) is 6.04 Å². The molecule has 1 unspecified atom stereocenters. The highest BCUT2D eigenvalue weighted by Gasteiger charge is 2.10. The highest BCUT2D eigenvalue weighted by molar-refractivity contribution is 5.30. The molecule has 0 heterocycles. The lowest BCUT2D eigenvalue weighted by Crippen LogP contribution is -2.28. The lowest BCUT2D eigenvalue weighted by Gasteiger charge is -2.17. The summed E-state index contributed by atoms with van der Waals surface area (Å²) in [5, 5.41) is 0. The van der Waals surface area contributed by atoms with Crippen LogP contribution in [-0.4, -0.2) is 6.61 Å². The van der Waals surface area contributed by atoms with Gasteiger partial charge in [0, 0.05) is 6.04 Å². The van der Waals surface area contributed by atoms with Gasteiger partial charge >= 0.3 is 0 Å². The summed E-state index contributed by atoms with van der Waals surface area (Å²) < 4.78 is 5.66. The molecule has 3 N–H and O–H groups in total. The zero-order chi connectivity index (χ0) is 13.9. The summed E-state index contributed by atoms with van der Waals surface area (Å²) in [6, 6.07) is 8.48. The molecule has 1 atom stereocenters. The van der Waals surface area contributed by atoms with Crippen LogP contribution in [0.1, 0.15) is 64.0 Å². The maximum absolute atomic E-state index is 5.68. The molecular weight excluding hydrogens is 236 g/mol. The van der Waals surface area contributed by atoms with Crippen molar-refractivity contribution in [2.24, 2.45) is 5.84 Å². The Kier molecular flexibility index (Phi) is 8.26. The van der Waals surface area contributed by atoms with Gasteiger partial charge in [0.05, 0.1) is 6.61 Å². The van der Waals surface area contributed by atoms with Gasteiger partial charge in [0.2, 0.25) is 0 Å². The largest absolute Gasteiger partial charge is 0.494 e. The minimum Gasteiger partial charge on any atom is -0.494 e. The van der Waals surface area contributed by atoms with Crippen molar-refractivity contribution in [1.82, 2.24) is 5.43 Å². The van der Waals surface area contributed by atoms with Crippen molar-refractivity contribution in [1.29, 1.82) is 0 Å². The van der Waals surface area contributed by atoms with Gasteiger partial charge in [-0.2, -0.15) is 0 Å². The fourth-order valence-corrected chi connectivity index (χ4v) is 2.16. The summed E-state index contributed by atoms with van der Waals surface area (Å²) in [6.45, 7) is 5.11. The number of hydrogen-bond donors (Lipinski definition) is 2. The zero-order valence-corrected chi connectivity index (χ0v) is 12.3. The molecule has 0 aliphatic carbocycles. The molecule has 0 saturated heterocycles. The van der Waals surface area contributed by atoms with E-state index in [4.69, 9.17) is 10.6 Å². The average Bonchev–Trinajstić information content (AvgIpc) is 2.45. The van der Waals surface area contributed by atoms with E-state index in [0.717, 1.165) is 25.2 Å². The second-order valence-electron chi connectivity index (χ2n) is 4.99. The maximum atomic E-state index is 5.68. The third-order valence-corrected chi connectivity index (χ3v) is 3.28. The van der Waals surface area contributed by atoms with E-state index in [0.29, 0.717) is 0 Å². The second kappa shape index (κ2) is 9.82. The summed E-state index contributed by atoms with van der Waals surface area (Å²) in [5.41, 5.74) is 4.14. The molecule has 19 heavy (non-hydrogen) atoms. The van der Waals surface area contributed by atoms with Gasteiger partial charge in [-0.25, -0.2) is 0 Å². The number of hydrogen-bond acceptors (Lipinski definition) is 3. The van der Waals surface area contributed by atoms with E-state index in [1.165, 1.54) is 31.2 Å². The fourth-order valence-electron chi connectivity index (χ4n) is 2.16. The number of benzene rings is 1. The Labute approximate surface area is 117 Å². The van der Waals surface area contributed by atoms with Crippen LogP contribution in [0.2, 0.25) is 0 Å². The number of ether oxygens (including phenoxy) is 1. The number of hydrazine groups is 1. The summed E-state index contributed by atoms with van der Waals surface area (Å²) in [7, 11) is 0. The van der Waals surface area contributed by atoms with Gasteiger partial charge in [-0.3, -0.25) is 11.3 Å². The molecule has 1 rings (SSSR count). The standard InChI is InChI=1S/C16H28N2O/c1-3-5-6-7-11-16(18-17)14-9-8-10-15(13-14)19-12-4-2/h8-10,13,16,18H,3-7,11-12,17H2,1-2H3. The molecular formula is C16H28N2O. The normalized spacial score (nSPS) is 12.4. The minimum atomic E-state index is 0.224. The molecule has 0 bridgehead atoms. The van der Waals surface area contributed by atoms with Gasteiger partial charge < -0.3 is 4.74 Å². The molecule has 0 aromatic heterocycles. The molecule has 3 nitrogen and oxygen atoms in total. The molecule has 0 aliphatic heterocycles. The van der Waals surface area contributed by atoms with Crippen LogP contribution in [0, 0.1) is 0 Å². The first-order valence-electron chi connectivity index (χ1n) is 7.50. The maximum Gasteiger partial charge on any atom is 0.119 e.